The van der Waals surface area contributed by atoms with Crippen LogP contribution in [0.3, 0.4) is 0 Å². The minimum atomic E-state index is -0.149. The number of pyridine rings is 2. The number of nitrogens with one attached hydrogen (secondary N) is 1. The Morgan fingerprint density at radius 3 is 2.55 bits per heavy atom. The summed E-state index contributed by atoms with van der Waals surface area (Å²) in [4.78, 5) is 31.7. The van der Waals surface area contributed by atoms with Crippen LogP contribution in [0.5, 0.6) is 0 Å². The SMILES string of the molecule is Cc1cc2c(cn1)cc(-c1cc(NC(=O)c3ccc(C)s3)ccc1C)c(=O)n2C. The summed E-state index contributed by atoms with van der Waals surface area (Å²) in [5.41, 5.74) is 4.65. The summed E-state index contributed by atoms with van der Waals surface area (Å²) in [6, 6.07) is 13.2. The van der Waals surface area contributed by atoms with Crippen LogP contribution in [0.4, 0.5) is 5.69 Å². The summed E-state index contributed by atoms with van der Waals surface area (Å²) in [6.45, 7) is 5.83. The van der Waals surface area contributed by atoms with Gasteiger partial charge in [0.1, 0.15) is 0 Å². The molecule has 0 aliphatic rings. The van der Waals surface area contributed by atoms with Crippen molar-refractivity contribution in [2.24, 2.45) is 7.05 Å². The number of thiophene rings is 1. The van der Waals surface area contributed by atoms with Crippen LogP contribution in [0, 0.1) is 20.8 Å². The van der Waals surface area contributed by atoms with E-state index in [0.29, 0.717) is 16.1 Å². The van der Waals surface area contributed by atoms with Gasteiger partial charge in [-0.2, -0.15) is 0 Å². The van der Waals surface area contributed by atoms with E-state index < -0.39 is 0 Å². The molecule has 6 heteroatoms. The second kappa shape index (κ2) is 7.29. The van der Waals surface area contributed by atoms with Crippen molar-refractivity contribution in [3.8, 4) is 11.1 Å². The normalized spacial score (nSPS) is 11.0. The maximum Gasteiger partial charge on any atom is 0.265 e. The highest BCUT2D eigenvalue weighted by Crippen LogP contribution is 2.27. The average molecular weight is 404 g/mol. The fourth-order valence-electron chi connectivity index (χ4n) is 3.40. The van der Waals surface area contributed by atoms with E-state index in [0.717, 1.165) is 32.6 Å². The summed E-state index contributed by atoms with van der Waals surface area (Å²) in [5, 5.41) is 3.84. The maximum absolute atomic E-state index is 13.1. The zero-order valence-electron chi connectivity index (χ0n) is 16.7. The van der Waals surface area contributed by atoms with Crippen molar-refractivity contribution in [3.63, 3.8) is 0 Å². The van der Waals surface area contributed by atoms with Crippen LogP contribution in [0.25, 0.3) is 22.0 Å². The minimum absolute atomic E-state index is 0.0800. The van der Waals surface area contributed by atoms with Gasteiger partial charge in [-0.15, -0.1) is 11.3 Å². The number of aromatic nitrogens is 2. The van der Waals surface area contributed by atoms with Crippen LogP contribution in [0.1, 0.15) is 25.8 Å². The number of benzene rings is 1. The first-order valence-electron chi connectivity index (χ1n) is 9.28. The lowest BCUT2D eigenvalue weighted by molar-refractivity contribution is 0.103. The van der Waals surface area contributed by atoms with E-state index in [1.54, 1.807) is 17.8 Å². The first-order valence-corrected chi connectivity index (χ1v) is 10.1. The first kappa shape index (κ1) is 19.1. The number of anilines is 1. The van der Waals surface area contributed by atoms with Gasteiger partial charge in [0, 0.05) is 40.5 Å². The van der Waals surface area contributed by atoms with Crippen LogP contribution in [-0.4, -0.2) is 15.5 Å². The van der Waals surface area contributed by atoms with Crippen LogP contribution < -0.4 is 10.9 Å². The van der Waals surface area contributed by atoms with Gasteiger partial charge in [0.15, 0.2) is 0 Å². The molecular formula is C23H21N3O2S. The Balaban J connectivity index is 1.78. The van der Waals surface area contributed by atoms with Gasteiger partial charge in [0.25, 0.3) is 11.5 Å². The molecule has 4 rings (SSSR count). The van der Waals surface area contributed by atoms with E-state index in [9.17, 15) is 9.59 Å². The molecule has 0 bridgehead atoms. The molecule has 1 N–H and O–H groups in total. The molecule has 3 aromatic heterocycles. The third-order valence-corrected chi connectivity index (χ3v) is 5.99. The fourth-order valence-corrected chi connectivity index (χ4v) is 4.16. The van der Waals surface area contributed by atoms with Crippen LogP contribution >= 0.6 is 11.3 Å². The van der Waals surface area contributed by atoms with Crippen molar-refractivity contribution in [2.45, 2.75) is 20.8 Å². The van der Waals surface area contributed by atoms with E-state index in [4.69, 9.17) is 0 Å². The van der Waals surface area contributed by atoms with Crippen molar-refractivity contribution >= 4 is 33.8 Å². The van der Waals surface area contributed by atoms with Crippen LogP contribution in [-0.2, 0) is 7.05 Å². The Labute approximate surface area is 172 Å². The quantitative estimate of drug-likeness (QED) is 0.532. The highest BCUT2D eigenvalue weighted by Gasteiger charge is 2.14. The Bertz CT molecular complexity index is 1320. The monoisotopic (exact) mass is 403 g/mol. The predicted octanol–water partition coefficient (Wildman–Crippen LogP) is 4.84. The van der Waals surface area contributed by atoms with Crippen molar-refractivity contribution in [2.75, 3.05) is 5.32 Å². The smallest absolute Gasteiger partial charge is 0.265 e. The summed E-state index contributed by atoms with van der Waals surface area (Å²) in [6.07, 6.45) is 1.79. The molecule has 0 spiro atoms. The Morgan fingerprint density at radius 2 is 1.83 bits per heavy atom. The Kier molecular flexibility index (Phi) is 4.80. The zero-order chi connectivity index (χ0) is 20.7. The number of hydrogen-bond donors (Lipinski definition) is 1. The lowest BCUT2D eigenvalue weighted by Crippen LogP contribution is -2.19. The summed E-state index contributed by atoms with van der Waals surface area (Å²) >= 11 is 1.45. The highest BCUT2D eigenvalue weighted by molar-refractivity contribution is 7.14. The van der Waals surface area contributed by atoms with Crippen molar-refractivity contribution in [1.82, 2.24) is 9.55 Å². The van der Waals surface area contributed by atoms with Crippen molar-refractivity contribution < 1.29 is 4.79 Å². The molecule has 0 fully saturated rings. The highest BCUT2D eigenvalue weighted by atomic mass is 32.1. The molecular weight excluding hydrogens is 382 g/mol. The number of fused-ring (bicyclic) bond motifs is 1. The molecule has 29 heavy (non-hydrogen) atoms. The number of nitrogens with zero attached hydrogens (tertiary/aromatic N) is 2. The number of carbonyl (C=O) groups excluding carboxylic acids is 1. The topological polar surface area (TPSA) is 64.0 Å². The van der Waals surface area contributed by atoms with Gasteiger partial charge in [-0.25, -0.2) is 0 Å². The molecule has 1 aromatic carbocycles. The molecule has 0 aliphatic heterocycles. The number of hydrogen-bond acceptors (Lipinski definition) is 4. The predicted molar refractivity (Wildman–Crippen MR) is 119 cm³/mol. The van der Waals surface area contributed by atoms with Crippen molar-refractivity contribution in [3.05, 3.63) is 80.0 Å². The molecule has 3 heterocycles. The fraction of sp³-hybridized carbons (Fsp3) is 0.174. The van der Waals surface area contributed by atoms with Crippen LogP contribution in [0.15, 0.2) is 53.5 Å². The van der Waals surface area contributed by atoms with E-state index >= 15 is 0 Å². The molecule has 0 radical (unpaired) electrons. The van der Waals surface area contributed by atoms with Gasteiger partial charge < -0.3 is 9.88 Å². The van der Waals surface area contributed by atoms with Gasteiger partial charge >= 0.3 is 0 Å². The molecule has 0 unspecified atom stereocenters. The summed E-state index contributed by atoms with van der Waals surface area (Å²) in [5.74, 6) is -0.149. The van der Waals surface area contributed by atoms with Gasteiger partial charge in [-0.05, 0) is 68.3 Å². The van der Waals surface area contributed by atoms with E-state index in [1.165, 1.54) is 11.3 Å². The van der Waals surface area contributed by atoms with Gasteiger partial charge in [-0.3, -0.25) is 14.6 Å². The molecule has 146 valence electrons. The molecule has 0 saturated carbocycles. The Morgan fingerprint density at radius 1 is 1.03 bits per heavy atom. The molecule has 0 saturated heterocycles. The maximum atomic E-state index is 13.1. The Hall–Kier alpha value is -3.25. The lowest BCUT2D eigenvalue weighted by Gasteiger charge is -2.13. The van der Waals surface area contributed by atoms with E-state index in [1.807, 2.05) is 63.2 Å². The number of amides is 1. The summed E-state index contributed by atoms with van der Waals surface area (Å²) < 4.78 is 1.65. The van der Waals surface area contributed by atoms with Gasteiger partial charge in [0.2, 0.25) is 0 Å². The van der Waals surface area contributed by atoms with Crippen molar-refractivity contribution in [1.29, 1.82) is 0 Å². The second-order valence-electron chi connectivity index (χ2n) is 7.20. The number of aryl methyl sites for hydroxylation is 4. The van der Waals surface area contributed by atoms with E-state index in [-0.39, 0.29) is 11.5 Å². The largest absolute Gasteiger partial charge is 0.321 e. The second-order valence-corrected chi connectivity index (χ2v) is 8.49. The minimum Gasteiger partial charge on any atom is -0.321 e. The van der Waals surface area contributed by atoms with Gasteiger partial charge in [0.05, 0.1) is 10.4 Å². The number of carbonyl (C=O) groups is 1. The lowest BCUT2D eigenvalue weighted by atomic mass is 9.99. The molecule has 5 nitrogen and oxygen atoms in total. The molecule has 0 atom stereocenters. The average Bonchev–Trinajstić information content (AvgIpc) is 3.13. The standard InChI is InChI=1S/C23H21N3O2S/c1-13-5-7-17(25-22(27)21-8-6-15(3)29-21)11-18(13)19-10-16-12-24-14(2)9-20(16)26(4)23(19)28/h5-12H,1-4H3,(H,25,27). The molecule has 0 aliphatic carbocycles. The molecule has 4 aromatic rings. The number of rotatable bonds is 3. The zero-order valence-corrected chi connectivity index (χ0v) is 17.6. The molecule has 1 amide bonds. The summed E-state index contributed by atoms with van der Waals surface area (Å²) in [7, 11) is 1.77. The third-order valence-electron chi connectivity index (χ3n) is 4.99. The third kappa shape index (κ3) is 3.59. The van der Waals surface area contributed by atoms with Gasteiger partial charge in [-0.1, -0.05) is 6.07 Å². The van der Waals surface area contributed by atoms with Crippen LogP contribution in [0.2, 0.25) is 0 Å². The first-order chi connectivity index (χ1) is 13.8. The van der Waals surface area contributed by atoms with E-state index in [2.05, 4.69) is 10.3 Å².